The van der Waals surface area contributed by atoms with Gasteiger partial charge in [0.2, 0.25) is 0 Å². The van der Waals surface area contributed by atoms with Crippen molar-refractivity contribution in [3.8, 4) is 0 Å². The quantitative estimate of drug-likeness (QED) is 0.726. The highest BCUT2D eigenvalue weighted by Crippen LogP contribution is 2.21. The van der Waals surface area contributed by atoms with Gasteiger partial charge in [0.25, 0.3) is 0 Å². The standard InChI is InChI=1S/C20H22N4O2/c1-14(2)11-17(18-12-22-19-16(23-18)9-6-10-21-19)24-20(25)26-13-15-7-4-3-5-8-15/h3-10,12,14,17H,11,13H2,1-2H3,(H,24,25)/t17-/m0/s1. The molecule has 134 valence electrons. The van der Waals surface area contributed by atoms with E-state index in [1.165, 1.54) is 0 Å². The molecular formula is C20H22N4O2. The van der Waals surface area contributed by atoms with Crippen molar-refractivity contribution in [2.24, 2.45) is 5.92 Å². The molecule has 0 radical (unpaired) electrons. The number of pyridine rings is 1. The number of aromatic nitrogens is 3. The first-order valence-electron chi connectivity index (χ1n) is 8.66. The van der Waals surface area contributed by atoms with Crippen LogP contribution < -0.4 is 5.32 Å². The Labute approximate surface area is 152 Å². The van der Waals surface area contributed by atoms with E-state index >= 15 is 0 Å². The summed E-state index contributed by atoms with van der Waals surface area (Å²) in [7, 11) is 0. The molecule has 0 unspecified atom stereocenters. The number of hydrogen-bond acceptors (Lipinski definition) is 5. The fraction of sp³-hybridized carbons (Fsp3) is 0.300. The molecule has 1 aromatic carbocycles. The van der Waals surface area contributed by atoms with Crippen LogP contribution in [0.3, 0.4) is 0 Å². The highest BCUT2D eigenvalue weighted by molar-refractivity contribution is 5.70. The molecule has 0 spiro atoms. The molecule has 1 amide bonds. The van der Waals surface area contributed by atoms with Crippen molar-refractivity contribution in [1.29, 1.82) is 0 Å². The average molecular weight is 350 g/mol. The Morgan fingerprint density at radius 2 is 1.92 bits per heavy atom. The highest BCUT2D eigenvalue weighted by Gasteiger charge is 2.19. The molecule has 0 bridgehead atoms. The maximum Gasteiger partial charge on any atom is 0.408 e. The number of amides is 1. The highest BCUT2D eigenvalue weighted by atomic mass is 16.5. The fourth-order valence-corrected chi connectivity index (χ4v) is 2.67. The molecule has 6 heteroatoms. The summed E-state index contributed by atoms with van der Waals surface area (Å²) in [4.78, 5) is 25.4. The number of carbonyl (C=O) groups excluding carboxylic acids is 1. The van der Waals surface area contributed by atoms with E-state index in [2.05, 4.69) is 34.1 Å². The van der Waals surface area contributed by atoms with Crippen LogP contribution in [0.4, 0.5) is 4.79 Å². The van der Waals surface area contributed by atoms with E-state index < -0.39 is 6.09 Å². The SMILES string of the molecule is CC(C)C[C@H](NC(=O)OCc1ccccc1)c1cnc2ncccc2n1. The molecule has 3 aromatic rings. The van der Waals surface area contributed by atoms with Gasteiger partial charge < -0.3 is 10.1 Å². The van der Waals surface area contributed by atoms with E-state index in [9.17, 15) is 4.79 Å². The first-order chi connectivity index (χ1) is 12.6. The molecule has 2 heterocycles. The molecule has 0 saturated heterocycles. The van der Waals surface area contributed by atoms with Crippen molar-refractivity contribution in [2.75, 3.05) is 0 Å². The third-order valence-electron chi connectivity index (χ3n) is 3.90. The Morgan fingerprint density at radius 3 is 2.69 bits per heavy atom. The molecular weight excluding hydrogens is 328 g/mol. The molecule has 0 fully saturated rings. The van der Waals surface area contributed by atoms with Crippen LogP contribution in [0.1, 0.15) is 37.6 Å². The maximum atomic E-state index is 12.3. The third kappa shape index (κ3) is 4.75. The van der Waals surface area contributed by atoms with Crippen LogP contribution in [0.5, 0.6) is 0 Å². The summed E-state index contributed by atoms with van der Waals surface area (Å²) in [5, 5.41) is 2.92. The van der Waals surface area contributed by atoms with E-state index in [0.29, 0.717) is 22.8 Å². The summed E-state index contributed by atoms with van der Waals surface area (Å²) in [6, 6.07) is 13.0. The number of rotatable bonds is 6. The van der Waals surface area contributed by atoms with Crippen LogP contribution in [0.25, 0.3) is 11.2 Å². The zero-order chi connectivity index (χ0) is 18.4. The number of fused-ring (bicyclic) bond motifs is 1. The van der Waals surface area contributed by atoms with Gasteiger partial charge >= 0.3 is 6.09 Å². The Hall–Kier alpha value is -3.02. The second kappa shape index (κ2) is 8.38. The Bertz CT molecular complexity index is 868. The molecule has 6 nitrogen and oxygen atoms in total. The lowest BCUT2D eigenvalue weighted by molar-refractivity contribution is 0.134. The van der Waals surface area contributed by atoms with Gasteiger partial charge in [-0.25, -0.2) is 19.7 Å². The summed E-state index contributed by atoms with van der Waals surface area (Å²) in [5.74, 6) is 0.376. The van der Waals surface area contributed by atoms with Crippen molar-refractivity contribution in [1.82, 2.24) is 20.3 Å². The van der Waals surface area contributed by atoms with Crippen molar-refractivity contribution >= 4 is 17.3 Å². The number of nitrogens with one attached hydrogen (secondary N) is 1. The molecule has 2 aromatic heterocycles. The van der Waals surface area contributed by atoms with Crippen LogP contribution in [-0.4, -0.2) is 21.0 Å². The minimum absolute atomic E-state index is 0.231. The Kier molecular flexibility index (Phi) is 5.73. The zero-order valence-electron chi connectivity index (χ0n) is 14.9. The predicted octanol–water partition coefficient (Wildman–Crippen LogP) is 4.04. The van der Waals surface area contributed by atoms with Gasteiger partial charge in [0.05, 0.1) is 17.9 Å². The van der Waals surface area contributed by atoms with E-state index in [1.807, 2.05) is 42.5 Å². The van der Waals surface area contributed by atoms with E-state index in [0.717, 1.165) is 12.0 Å². The van der Waals surface area contributed by atoms with Crippen molar-refractivity contribution in [2.45, 2.75) is 32.9 Å². The second-order valence-corrected chi connectivity index (χ2v) is 6.53. The van der Waals surface area contributed by atoms with Crippen molar-refractivity contribution in [3.05, 3.63) is 66.1 Å². The summed E-state index contributed by atoms with van der Waals surface area (Å²) in [6.07, 6.45) is 3.62. The van der Waals surface area contributed by atoms with Crippen LogP contribution in [-0.2, 0) is 11.3 Å². The molecule has 26 heavy (non-hydrogen) atoms. The monoisotopic (exact) mass is 350 g/mol. The van der Waals surface area contributed by atoms with Crippen molar-refractivity contribution in [3.63, 3.8) is 0 Å². The van der Waals surface area contributed by atoms with Crippen LogP contribution in [0.15, 0.2) is 54.9 Å². The molecule has 0 aliphatic rings. The van der Waals surface area contributed by atoms with Crippen LogP contribution in [0, 0.1) is 5.92 Å². The number of alkyl carbamates (subject to hydrolysis) is 1. The van der Waals surface area contributed by atoms with Gasteiger partial charge in [-0.15, -0.1) is 0 Å². The maximum absolute atomic E-state index is 12.3. The fourth-order valence-electron chi connectivity index (χ4n) is 2.67. The molecule has 1 atom stereocenters. The van der Waals surface area contributed by atoms with Crippen molar-refractivity contribution < 1.29 is 9.53 Å². The number of benzene rings is 1. The van der Waals surface area contributed by atoms with Gasteiger partial charge in [-0.1, -0.05) is 44.2 Å². The van der Waals surface area contributed by atoms with Gasteiger partial charge in [0.15, 0.2) is 5.65 Å². The smallest absolute Gasteiger partial charge is 0.408 e. The molecule has 1 N–H and O–H groups in total. The first-order valence-corrected chi connectivity index (χ1v) is 8.66. The molecule has 3 rings (SSSR count). The number of ether oxygens (including phenoxy) is 1. The lowest BCUT2D eigenvalue weighted by Gasteiger charge is -2.20. The lowest BCUT2D eigenvalue weighted by atomic mass is 10.0. The van der Waals surface area contributed by atoms with E-state index in [-0.39, 0.29) is 12.6 Å². The third-order valence-corrected chi connectivity index (χ3v) is 3.90. The normalized spacial score (nSPS) is 12.1. The summed E-state index contributed by atoms with van der Waals surface area (Å²) in [6.45, 7) is 4.43. The summed E-state index contributed by atoms with van der Waals surface area (Å²) < 4.78 is 5.34. The lowest BCUT2D eigenvalue weighted by Crippen LogP contribution is -2.30. The topological polar surface area (TPSA) is 77.0 Å². The zero-order valence-corrected chi connectivity index (χ0v) is 14.9. The van der Waals surface area contributed by atoms with Gasteiger partial charge in [0, 0.05) is 6.20 Å². The number of hydrogen-bond donors (Lipinski definition) is 1. The Balaban J connectivity index is 1.71. The summed E-state index contributed by atoms with van der Waals surface area (Å²) in [5.41, 5.74) is 2.94. The molecule has 0 saturated carbocycles. The van der Waals surface area contributed by atoms with Gasteiger partial charge in [-0.3, -0.25) is 0 Å². The van der Waals surface area contributed by atoms with E-state index in [4.69, 9.17) is 4.74 Å². The second-order valence-electron chi connectivity index (χ2n) is 6.53. The number of nitrogens with zero attached hydrogens (tertiary/aromatic N) is 3. The van der Waals surface area contributed by atoms with Crippen LogP contribution in [0.2, 0.25) is 0 Å². The Morgan fingerprint density at radius 1 is 1.12 bits per heavy atom. The average Bonchev–Trinajstić information content (AvgIpc) is 2.66. The van der Waals surface area contributed by atoms with Gasteiger partial charge in [-0.2, -0.15) is 0 Å². The minimum Gasteiger partial charge on any atom is -0.445 e. The van der Waals surface area contributed by atoms with E-state index in [1.54, 1.807) is 12.4 Å². The molecule has 0 aliphatic carbocycles. The van der Waals surface area contributed by atoms with Gasteiger partial charge in [-0.05, 0) is 30.0 Å². The molecule has 0 aliphatic heterocycles. The number of carbonyl (C=O) groups is 1. The minimum atomic E-state index is -0.465. The summed E-state index contributed by atoms with van der Waals surface area (Å²) >= 11 is 0. The largest absolute Gasteiger partial charge is 0.445 e. The first kappa shape index (κ1) is 17.8. The van der Waals surface area contributed by atoms with Crippen LogP contribution >= 0.6 is 0 Å². The predicted molar refractivity (Wildman–Crippen MR) is 99.3 cm³/mol. The van der Waals surface area contributed by atoms with Gasteiger partial charge in [0.1, 0.15) is 12.1 Å².